The summed E-state index contributed by atoms with van der Waals surface area (Å²) in [5.74, 6) is 3.01. The number of fused-ring (bicyclic) bond motifs is 1. The molecular weight excluding hydrogens is 182 g/mol. The summed E-state index contributed by atoms with van der Waals surface area (Å²) in [7, 11) is 0. The van der Waals surface area contributed by atoms with E-state index in [1.54, 1.807) is 6.07 Å². The van der Waals surface area contributed by atoms with Gasteiger partial charge in [-0.1, -0.05) is 5.92 Å². The smallest absolute Gasteiger partial charge is 0.348 e. The molecule has 0 fully saturated rings. The fraction of sp³-hybridized carbons (Fsp3) is 0.125. The van der Waals surface area contributed by atoms with Crippen LogP contribution in [-0.4, -0.2) is 26.1 Å². The number of anilines is 1. The second-order valence-electron chi connectivity index (χ2n) is 2.59. The molecule has 0 saturated carbocycles. The van der Waals surface area contributed by atoms with Gasteiger partial charge in [-0.3, -0.25) is 0 Å². The van der Waals surface area contributed by atoms with Gasteiger partial charge in [0.05, 0.1) is 6.54 Å². The molecule has 2 heterocycles. The second kappa shape index (κ2) is 3.22. The molecule has 6 heteroatoms. The third-order valence-electron chi connectivity index (χ3n) is 1.68. The van der Waals surface area contributed by atoms with Crippen LogP contribution >= 0.6 is 0 Å². The topological polar surface area (TPSA) is 75.1 Å². The van der Waals surface area contributed by atoms with Gasteiger partial charge in [0.2, 0.25) is 0 Å². The molecule has 0 amide bonds. The third-order valence-corrected chi connectivity index (χ3v) is 1.68. The Balaban J connectivity index is 2.43. The Morgan fingerprint density at radius 2 is 2.57 bits per heavy atom. The minimum atomic E-state index is -0.309. The Morgan fingerprint density at radius 3 is 3.36 bits per heavy atom. The lowest BCUT2D eigenvalue weighted by Gasteiger charge is -1.99. The van der Waals surface area contributed by atoms with Crippen LogP contribution in [0.15, 0.2) is 17.2 Å². The Kier molecular flexibility index (Phi) is 1.91. The molecule has 70 valence electrons. The number of nitrogens with zero attached hydrogens (tertiary/aromatic N) is 3. The van der Waals surface area contributed by atoms with E-state index in [2.05, 4.69) is 26.4 Å². The summed E-state index contributed by atoms with van der Waals surface area (Å²) < 4.78 is 1.31. The number of hydrogen-bond acceptors (Lipinski definition) is 4. The summed E-state index contributed by atoms with van der Waals surface area (Å²) >= 11 is 0. The zero-order valence-corrected chi connectivity index (χ0v) is 7.19. The molecule has 0 aliphatic carbocycles. The van der Waals surface area contributed by atoms with Gasteiger partial charge in [-0.15, -0.1) is 6.42 Å². The first-order valence-corrected chi connectivity index (χ1v) is 3.91. The van der Waals surface area contributed by atoms with E-state index in [4.69, 9.17) is 6.42 Å². The van der Waals surface area contributed by atoms with E-state index in [-0.39, 0.29) is 5.69 Å². The number of aromatic nitrogens is 4. The van der Waals surface area contributed by atoms with Crippen LogP contribution in [0.1, 0.15) is 0 Å². The fourth-order valence-corrected chi connectivity index (χ4v) is 1.05. The van der Waals surface area contributed by atoms with Gasteiger partial charge in [0.25, 0.3) is 0 Å². The molecule has 0 saturated heterocycles. The normalized spacial score (nSPS) is 9.93. The van der Waals surface area contributed by atoms with E-state index in [0.717, 1.165) is 0 Å². The maximum atomic E-state index is 11.1. The summed E-state index contributed by atoms with van der Waals surface area (Å²) in [6.07, 6.45) is 6.46. The van der Waals surface area contributed by atoms with Crippen molar-refractivity contribution in [2.24, 2.45) is 0 Å². The van der Waals surface area contributed by atoms with Crippen molar-refractivity contribution in [2.45, 2.75) is 0 Å². The maximum absolute atomic E-state index is 11.1. The lowest BCUT2D eigenvalue weighted by atomic mass is 10.5. The minimum Gasteiger partial charge on any atom is -0.359 e. The molecule has 0 radical (unpaired) electrons. The van der Waals surface area contributed by atoms with E-state index < -0.39 is 0 Å². The number of aromatic amines is 1. The molecule has 0 aliphatic rings. The van der Waals surface area contributed by atoms with Crippen LogP contribution in [0, 0.1) is 12.3 Å². The summed E-state index contributed by atoms with van der Waals surface area (Å²) in [4.78, 5) is 15.0. The molecule has 0 unspecified atom stereocenters. The van der Waals surface area contributed by atoms with Gasteiger partial charge in [0, 0.05) is 6.07 Å². The van der Waals surface area contributed by atoms with Crippen molar-refractivity contribution in [2.75, 3.05) is 11.9 Å². The van der Waals surface area contributed by atoms with Crippen molar-refractivity contribution in [3.8, 4) is 12.3 Å². The highest BCUT2D eigenvalue weighted by Crippen LogP contribution is 2.02. The van der Waals surface area contributed by atoms with Crippen molar-refractivity contribution in [1.82, 2.24) is 19.6 Å². The number of hydrogen-bond donors (Lipinski definition) is 2. The van der Waals surface area contributed by atoms with Gasteiger partial charge in [-0.2, -0.15) is 5.10 Å². The Morgan fingerprint density at radius 1 is 1.71 bits per heavy atom. The van der Waals surface area contributed by atoms with Crippen molar-refractivity contribution in [1.29, 1.82) is 0 Å². The van der Waals surface area contributed by atoms with Crippen molar-refractivity contribution >= 4 is 11.5 Å². The molecular formula is C8H7N5O. The van der Waals surface area contributed by atoms with Crippen LogP contribution in [0.4, 0.5) is 5.82 Å². The molecule has 2 rings (SSSR count). The molecule has 0 aliphatic heterocycles. The maximum Gasteiger partial charge on any atom is 0.348 e. The van der Waals surface area contributed by atoms with Gasteiger partial charge in [-0.05, 0) is 0 Å². The summed E-state index contributed by atoms with van der Waals surface area (Å²) in [5.41, 5.74) is 0.195. The van der Waals surface area contributed by atoms with Crippen molar-refractivity contribution in [3.05, 3.63) is 22.9 Å². The lowest BCUT2D eigenvalue weighted by Crippen LogP contribution is -2.10. The molecule has 0 atom stereocenters. The number of nitrogens with one attached hydrogen (secondary N) is 2. The Labute approximate surface area is 79.0 Å². The largest absolute Gasteiger partial charge is 0.359 e. The van der Waals surface area contributed by atoms with Gasteiger partial charge in [-0.25, -0.2) is 19.3 Å². The molecule has 6 nitrogen and oxygen atoms in total. The molecule has 0 bridgehead atoms. The van der Waals surface area contributed by atoms with Gasteiger partial charge in [0.1, 0.15) is 12.1 Å². The van der Waals surface area contributed by atoms with Crippen LogP contribution in [0.3, 0.4) is 0 Å². The second-order valence-corrected chi connectivity index (χ2v) is 2.59. The zero-order chi connectivity index (χ0) is 9.97. The highest BCUT2D eigenvalue weighted by atomic mass is 16.1. The molecule has 2 aromatic rings. The standard InChI is InChI=1S/C8H7N5O/c1-2-3-9-6-4-7-11-12-8(14)13(7)5-10-6/h1,4-5,9H,3H2,(H,12,14). The fourth-order valence-electron chi connectivity index (χ4n) is 1.05. The average Bonchev–Trinajstić information content (AvgIpc) is 2.57. The van der Waals surface area contributed by atoms with Gasteiger partial charge in [0.15, 0.2) is 5.65 Å². The zero-order valence-electron chi connectivity index (χ0n) is 7.19. The predicted octanol–water partition coefficient (Wildman–Crippen LogP) is -0.537. The highest BCUT2D eigenvalue weighted by Gasteiger charge is 2.00. The van der Waals surface area contributed by atoms with Crippen LogP contribution < -0.4 is 11.0 Å². The first-order valence-electron chi connectivity index (χ1n) is 3.91. The van der Waals surface area contributed by atoms with E-state index in [9.17, 15) is 4.79 Å². The average molecular weight is 189 g/mol. The van der Waals surface area contributed by atoms with Crippen LogP contribution in [0.5, 0.6) is 0 Å². The SMILES string of the molecule is C#CCNc1cc2n[nH]c(=O)n2cn1. The van der Waals surface area contributed by atoms with Crippen LogP contribution in [0.2, 0.25) is 0 Å². The molecule has 0 spiro atoms. The van der Waals surface area contributed by atoms with Crippen molar-refractivity contribution in [3.63, 3.8) is 0 Å². The van der Waals surface area contributed by atoms with E-state index in [1.165, 1.54) is 10.7 Å². The molecule has 14 heavy (non-hydrogen) atoms. The summed E-state index contributed by atoms with van der Waals surface area (Å²) in [6, 6.07) is 1.63. The van der Waals surface area contributed by atoms with E-state index >= 15 is 0 Å². The quantitative estimate of drug-likeness (QED) is 0.622. The number of rotatable bonds is 2. The minimum absolute atomic E-state index is 0.309. The Bertz CT molecular complexity index is 547. The van der Waals surface area contributed by atoms with Gasteiger partial charge >= 0.3 is 5.69 Å². The first kappa shape index (κ1) is 8.31. The van der Waals surface area contributed by atoms with Gasteiger partial charge < -0.3 is 5.32 Å². The predicted molar refractivity (Wildman–Crippen MR) is 50.9 cm³/mol. The molecule has 2 N–H and O–H groups in total. The summed E-state index contributed by atoms with van der Waals surface area (Å²) in [6.45, 7) is 0.387. The van der Waals surface area contributed by atoms with Crippen molar-refractivity contribution < 1.29 is 0 Å². The monoisotopic (exact) mass is 189 g/mol. The van der Waals surface area contributed by atoms with E-state index in [0.29, 0.717) is 18.0 Å². The van der Waals surface area contributed by atoms with Crippen LogP contribution in [0.25, 0.3) is 5.65 Å². The molecule has 2 aromatic heterocycles. The highest BCUT2D eigenvalue weighted by molar-refractivity contribution is 5.48. The number of H-pyrrole nitrogens is 1. The lowest BCUT2D eigenvalue weighted by molar-refractivity contribution is 0.996. The first-order chi connectivity index (χ1) is 6.81. The summed E-state index contributed by atoms with van der Waals surface area (Å²) in [5, 5.41) is 8.97. The van der Waals surface area contributed by atoms with E-state index in [1.807, 2.05) is 0 Å². The third kappa shape index (κ3) is 1.31. The number of terminal acetylenes is 1. The Hall–Kier alpha value is -2.29. The van der Waals surface area contributed by atoms with Crippen LogP contribution in [-0.2, 0) is 0 Å². The molecule has 0 aromatic carbocycles.